The Morgan fingerprint density at radius 3 is 2.59 bits per heavy atom. The van der Waals surface area contributed by atoms with Crippen molar-refractivity contribution in [3.63, 3.8) is 0 Å². The van der Waals surface area contributed by atoms with Crippen molar-refractivity contribution in [3.05, 3.63) is 71.8 Å². The number of rotatable bonds is 6. The minimum atomic E-state index is -0.520. The van der Waals surface area contributed by atoms with Gasteiger partial charge in [-0.3, -0.25) is 4.79 Å². The van der Waals surface area contributed by atoms with Crippen LogP contribution in [0.5, 0.6) is 11.5 Å². The molecule has 1 amide bonds. The summed E-state index contributed by atoms with van der Waals surface area (Å²) in [5.41, 5.74) is 1.13. The van der Waals surface area contributed by atoms with Crippen molar-refractivity contribution in [2.24, 2.45) is 0 Å². The number of anilines is 1. The Balaban J connectivity index is 1.99. The van der Waals surface area contributed by atoms with Crippen LogP contribution >= 0.6 is 0 Å². The van der Waals surface area contributed by atoms with E-state index in [1.165, 1.54) is 6.08 Å². The summed E-state index contributed by atoms with van der Waals surface area (Å²) in [7, 11) is 1.56. The molecule has 0 aliphatic heterocycles. The van der Waals surface area contributed by atoms with Crippen LogP contribution in [-0.4, -0.2) is 19.6 Å². The van der Waals surface area contributed by atoms with E-state index in [1.807, 2.05) is 36.4 Å². The first-order valence-corrected chi connectivity index (χ1v) is 8.81. The second kappa shape index (κ2) is 9.12. The molecule has 0 aliphatic carbocycles. The van der Waals surface area contributed by atoms with Gasteiger partial charge >= 0.3 is 0 Å². The zero-order valence-corrected chi connectivity index (χ0v) is 15.8. The van der Waals surface area contributed by atoms with E-state index >= 15 is 0 Å². The minimum absolute atomic E-state index is 0.0530. The Hall–Kier alpha value is -4.22. The van der Waals surface area contributed by atoms with Crippen LogP contribution in [0.1, 0.15) is 5.56 Å². The first kappa shape index (κ1) is 19.5. The van der Waals surface area contributed by atoms with Crippen LogP contribution in [0.3, 0.4) is 0 Å². The lowest BCUT2D eigenvalue weighted by atomic mass is 10.0. The van der Waals surface area contributed by atoms with Crippen LogP contribution in [0, 0.1) is 23.7 Å². The number of carbonyl (C=O) groups is 1. The maximum atomic E-state index is 12.7. The number of nitrogens with zero attached hydrogens (tertiary/aromatic N) is 1. The number of nitrogens with one attached hydrogen (secondary N) is 1. The zero-order valence-electron chi connectivity index (χ0n) is 15.8. The highest BCUT2D eigenvalue weighted by Gasteiger charge is 2.14. The van der Waals surface area contributed by atoms with Gasteiger partial charge in [-0.15, -0.1) is 6.42 Å². The van der Waals surface area contributed by atoms with Gasteiger partial charge in [0.1, 0.15) is 29.7 Å². The molecule has 3 aromatic carbocycles. The Morgan fingerprint density at radius 2 is 1.90 bits per heavy atom. The summed E-state index contributed by atoms with van der Waals surface area (Å²) in [6.07, 6.45) is 6.83. The fourth-order valence-corrected chi connectivity index (χ4v) is 2.84. The number of hydrogen-bond donors (Lipinski definition) is 1. The predicted molar refractivity (Wildman–Crippen MR) is 113 cm³/mol. The van der Waals surface area contributed by atoms with Crippen molar-refractivity contribution in [2.75, 3.05) is 19.0 Å². The smallest absolute Gasteiger partial charge is 0.266 e. The molecule has 0 aromatic heterocycles. The first-order valence-electron chi connectivity index (χ1n) is 8.81. The van der Waals surface area contributed by atoms with Gasteiger partial charge in [-0.05, 0) is 47.2 Å². The zero-order chi connectivity index (χ0) is 20.6. The standard InChI is InChI=1S/C24H18N2O3/c1-3-14-29-23-13-8-17-6-4-5-7-21(17)22(23)15-18(16-25)24(27)26-19-9-11-20(28-2)12-10-19/h1,4-13,15H,14H2,2H3,(H,26,27)/b18-15+. The van der Waals surface area contributed by atoms with Crippen LogP contribution < -0.4 is 14.8 Å². The van der Waals surface area contributed by atoms with E-state index < -0.39 is 5.91 Å². The molecular weight excluding hydrogens is 364 g/mol. The molecule has 0 fully saturated rings. The van der Waals surface area contributed by atoms with Gasteiger partial charge < -0.3 is 14.8 Å². The first-order chi connectivity index (χ1) is 14.2. The number of terminal acetylenes is 1. The van der Waals surface area contributed by atoms with Crippen molar-refractivity contribution in [2.45, 2.75) is 0 Å². The van der Waals surface area contributed by atoms with Gasteiger partial charge in [0.15, 0.2) is 0 Å². The van der Waals surface area contributed by atoms with Crippen molar-refractivity contribution in [3.8, 4) is 29.9 Å². The van der Waals surface area contributed by atoms with E-state index in [-0.39, 0.29) is 12.2 Å². The molecule has 0 spiro atoms. The largest absolute Gasteiger partial charge is 0.497 e. The molecular formula is C24H18N2O3. The third-order valence-electron chi connectivity index (χ3n) is 4.24. The van der Waals surface area contributed by atoms with E-state index in [2.05, 4.69) is 11.2 Å². The molecule has 5 heteroatoms. The number of carbonyl (C=O) groups excluding carboxylic acids is 1. The third-order valence-corrected chi connectivity index (χ3v) is 4.24. The SMILES string of the molecule is C#CCOc1ccc2ccccc2c1/C=C(\C#N)C(=O)Nc1ccc(OC)cc1. The molecule has 0 saturated carbocycles. The number of fused-ring (bicyclic) bond motifs is 1. The number of nitriles is 1. The lowest BCUT2D eigenvalue weighted by Gasteiger charge is -2.11. The fraction of sp³-hybridized carbons (Fsp3) is 0.0833. The van der Waals surface area contributed by atoms with Gasteiger partial charge in [-0.25, -0.2) is 0 Å². The van der Waals surface area contributed by atoms with Crippen LogP contribution in [0.25, 0.3) is 16.8 Å². The molecule has 3 rings (SSSR count). The summed E-state index contributed by atoms with van der Waals surface area (Å²) in [4.78, 5) is 12.7. The predicted octanol–water partition coefficient (Wildman–Crippen LogP) is 4.41. The number of methoxy groups -OCH3 is 1. The third kappa shape index (κ3) is 4.55. The Labute approximate surface area is 169 Å². The normalized spacial score (nSPS) is 10.7. The molecule has 1 N–H and O–H groups in total. The molecule has 0 aliphatic rings. The van der Waals surface area contributed by atoms with E-state index in [1.54, 1.807) is 37.4 Å². The van der Waals surface area contributed by atoms with Crippen molar-refractivity contribution in [1.29, 1.82) is 5.26 Å². The Kier molecular flexibility index (Phi) is 6.15. The summed E-state index contributed by atoms with van der Waals surface area (Å²) in [6, 6.07) is 20.1. The molecule has 0 bridgehead atoms. The van der Waals surface area contributed by atoms with Gasteiger partial charge in [0.25, 0.3) is 5.91 Å². The van der Waals surface area contributed by atoms with Gasteiger partial charge in [0.2, 0.25) is 0 Å². The lowest BCUT2D eigenvalue weighted by molar-refractivity contribution is -0.112. The fourth-order valence-electron chi connectivity index (χ4n) is 2.84. The van der Waals surface area contributed by atoms with Crippen LogP contribution in [0.15, 0.2) is 66.2 Å². The quantitative estimate of drug-likeness (QED) is 0.390. The number of ether oxygens (including phenoxy) is 2. The van der Waals surface area contributed by atoms with Gasteiger partial charge in [-0.1, -0.05) is 36.3 Å². The summed E-state index contributed by atoms with van der Waals surface area (Å²) in [5, 5.41) is 14.1. The second-order valence-electron chi connectivity index (χ2n) is 6.04. The van der Waals surface area contributed by atoms with E-state index in [9.17, 15) is 10.1 Å². The van der Waals surface area contributed by atoms with E-state index in [0.29, 0.717) is 22.7 Å². The monoisotopic (exact) mass is 382 g/mol. The van der Waals surface area contributed by atoms with E-state index in [0.717, 1.165) is 10.8 Å². The van der Waals surface area contributed by atoms with Crippen molar-refractivity contribution >= 4 is 28.4 Å². The van der Waals surface area contributed by atoms with Crippen LogP contribution in [0.4, 0.5) is 5.69 Å². The topological polar surface area (TPSA) is 71.3 Å². The molecule has 0 radical (unpaired) electrons. The Bertz CT molecular complexity index is 1150. The lowest BCUT2D eigenvalue weighted by Crippen LogP contribution is -2.13. The average Bonchev–Trinajstić information content (AvgIpc) is 2.76. The molecule has 0 saturated heterocycles. The summed E-state index contributed by atoms with van der Waals surface area (Å²) < 4.78 is 10.7. The van der Waals surface area contributed by atoms with Crippen LogP contribution in [-0.2, 0) is 4.79 Å². The van der Waals surface area contributed by atoms with E-state index in [4.69, 9.17) is 15.9 Å². The maximum absolute atomic E-state index is 12.7. The highest BCUT2D eigenvalue weighted by molar-refractivity contribution is 6.11. The highest BCUT2D eigenvalue weighted by Crippen LogP contribution is 2.30. The summed E-state index contributed by atoms with van der Waals surface area (Å²) in [6.45, 7) is 0.0825. The molecule has 142 valence electrons. The number of hydrogen-bond acceptors (Lipinski definition) is 4. The molecule has 29 heavy (non-hydrogen) atoms. The van der Waals surface area contributed by atoms with Gasteiger partial charge in [0, 0.05) is 11.3 Å². The van der Waals surface area contributed by atoms with Crippen LogP contribution in [0.2, 0.25) is 0 Å². The molecule has 3 aromatic rings. The Morgan fingerprint density at radius 1 is 1.14 bits per heavy atom. The molecule has 0 unspecified atom stereocenters. The second-order valence-corrected chi connectivity index (χ2v) is 6.04. The van der Waals surface area contributed by atoms with Crippen molar-refractivity contribution < 1.29 is 14.3 Å². The van der Waals surface area contributed by atoms with Crippen molar-refractivity contribution in [1.82, 2.24) is 0 Å². The molecule has 5 nitrogen and oxygen atoms in total. The minimum Gasteiger partial charge on any atom is -0.497 e. The molecule has 0 atom stereocenters. The van der Waals surface area contributed by atoms with Gasteiger partial charge in [-0.2, -0.15) is 5.26 Å². The highest BCUT2D eigenvalue weighted by atomic mass is 16.5. The summed E-state index contributed by atoms with van der Waals surface area (Å²) >= 11 is 0. The van der Waals surface area contributed by atoms with Gasteiger partial charge in [0.05, 0.1) is 7.11 Å². The molecule has 0 heterocycles. The average molecular weight is 382 g/mol. The maximum Gasteiger partial charge on any atom is 0.266 e. The number of benzene rings is 3. The number of amides is 1. The summed E-state index contributed by atoms with van der Waals surface area (Å²) in [5.74, 6) is 3.08.